The Hall–Kier alpha value is -2.29. The lowest BCUT2D eigenvalue weighted by Gasteiger charge is -2.08. The average Bonchev–Trinajstić information content (AvgIpc) is 2.94. The monoisotopic (exact) mass is 308 g/mol. The fraction of sp³-hybridized carbons (Fsp3) is 0.350. The molecule has 3 aromatic rings. The van der Waals surface area contributed by atoms with Crippen LogP contribution in [0.3, 0.4) is 0 Å². The van der Waals surface area contributed by atoms with Gasteiger partial charge in [0.25, 0.3) is 0 Å². The minimum atomic E-state index is 0.163. The predicted octanol–water partition coefficient (Wildman–Crippen LogP) is 4.48. The zero-order chi connectivity index (χ0) is 16.2. The summed E-state index contributed by atoms with van der Waals surface area (Å²) in [5, 5.41) is 5.56. The van der Waals surface area contributed by atoms with E-state index in [0.717, 1.165) is 19.3 Å². The molecule has 0 bridgehead atoms. The van der Waals surface area contributed by atoms with E-state index in [1.54, 1.807) is 0 Å². The molecule has 120 valence electrons. The Labute approximate surface area is 137 Å². The summed E-state index contributed by atoms with van der Waals surface area (Å²) < 4.78 is 0. The van der Waals surface area contributed by atoms with Crippen LogP contribution in [0.25, 0.3) is 21.8 Å². The summed E-state index contributed by atoms with van der Waals surface area (Å²) in [7, 11) is 0. The Balaban J connectivity index is 1.76. The number of H-pyrrole nitrogens is 1. The van der Waals surface area contributed by atoms with Gasteiger partial charge < -0.3 is 10.3 Å². The SMILES string of the molecule is CCCCC(=O)NCCc1ccc2c([nH]c3ccccc32)c1C. The van der Waals surface area contributed by atoms with Crippen LogP contribution < -0.4 is 5.32 Å². The summed E-state index contributed by atoms with van der Waals surface area (Å²) in [6.07, 6.45) is 3.53. The number of aryl methyl sites for hydroxylation is 1. The fourth-order valence-electron chi connectivity index (χ4n) is 3.14. The molecule has 3 heteroatoms. The quantitative estimate of drug-likeness (QED) is 0.693. The minimum absolute atomic E-state index is 0.163. The third-order valence-corrected chi connectivity index (χ3v) is 4.53. The van der Waals surface area contributed by atoms with Crippen LogP contribution in [0.4, 0.5) is 0 Å². The van der Waals surface area contributed by atoms with Crippen LogP contribution in [-0.4, -0.2) is 17.4 Å². The van der Waals surface area contributed by atoms with E-state index in [4.69, 9.17) is 0 Å². The van der Waals surface area contributed by atoms with Gasteiger partial charge in [-0.3, -0.25) is 4.79 Å². The lowest BCUT2D eigenvalue weighted by atomic mass is 10.0. The number of aromatic amines is 1. The molecule has 3 rings (SSSR count). The number of carbonyl (C=O) groups excluding carboxylic acids is 1. The summed E-state index contributed by atoms with van der Waals surface area (Å²) in [4.78, 5) is 15.2. The molecule has 2 N–H and O–H groups in total. The Kier molecular flexibility index (Phi) is 4.65. The Bertz CT molecular complexity index is 832. The van der Waals surface area contributed by atoms with E-state index in [0.29, 0.717) is 13.0 Å². The molecule has 0 saturated heterocycles. The normalized spacial score (nSPS) is 11.2. The van der Waals surface area contributed by atoms with Gasteiger partial charge in [0.1, 0.15) is 0 Å². The predicted molar refractivity (Wildman–Crippen MR) is 96.8 cm³/mol. The molecule has 0 spiro atoms. The van der Waals surface area contributed by atoms with Crippen molar-refractivity contribution >= 4 is 27.7 Å². The third kappa shape index (κ3) is 3.24. The van der Waals surface area contributed by atoms with Crippen LogP contribution in [0.2, 0.25) is 0 Å². The number of amides is 1. The molecule has 0 radical (unpaired) electrons. The molecule has 0 saturated carbocycles. The summed E-state index contributed by atoms with van der Waals surface area (Å²) >= 11 is 0. The van der Waals surface area contributed by atoms with Crippen molar-refractivity contribution < 1.29 is 4.79 Å². The fourth-order valence-corrected chi connectivity index (χ4v) is 3.14. The third-order valence-electron chi connectivity index (χ3n) is 4.53. The van der Waals surface area contributed by atoms with Gasteiger partial charge in [-0.1, -0.05) is 43.7 Å². The van der Waals surface area contributed by atoms with Crippen LogP contribution in [0.15, 0.2) is 36.4 Å². The minimum Gasteiger partial charge on any atom is -0.356 e. The number of nitrogens with one attached hydrogen (secondary N) is 2. The van der Waals surface area contributed by atoms with Gasteiger partial charge in [0.2, 0.25) is 5.91 Å². The Morgan fingerprint density at radius 1 is 1.13 bits per heavy atom. The number of aromatic nitrogens is 1. The second kappa shape index (κ2) is 6.86. The molecule has 1 amide bonds. The van der Waals surface area contributed by atoms with Crippen LogP contribution in [-0.2, 0) is 11.2 Å². The highest BCUT2D eigenvalue weighted by Crippen LogP contribution is 2.29. The topological polar surface area (TPSA) is 44.9 Å². The molecule has 0 aliphatic rings. The Morgan fingerprint density at radius 2 is 1.96 bits per heavy atom. The Morgan fingerprint density at radius 3 is 2.78 bits per heavy atom. The van der Waals surface area contributed by atoms with Gasteiger partial charge in [0, 0.05) is 34.8 Å². The van der Waals surface area contributed by atoms with Crippen molar-refractivity contribution in [2.24, 2.45) is 0 Å². The average molecular weight is 308 g/mol. The molecular weight excluding hydrogens is 284 g/mol. The van der Waals surface area contributed by atoms with Gasteiger partial charge in [0.05, 0.1) is 0 Å². The van der Waals surface area contributed by atoms with E-state index < -0.39 is 0 Å². The summed E-state index contributed by atoms with van der Waals surface area (Å²) in [6, 6.07) is 12.8. The highest BCUT2D eigenvalue weighted by atomic mass is 16.1. The van der Waals surface area contributed by atoms with Crippen molar-refractivity contribution in [2.45, 2.75) is 39.5 Å². The second-order valence-electron chi connectivity index (χ2n) is 6.15. The summed E-state index contributed by atoms with van der Waals surface area (Å²) in [5.74, 6) is 0.163. The van der Waals surface area contributed by atoms with Gasteiger partial charge in [-0.2, -0.15) is 0 Å². The van der Waals surface area contributed by atoms with Crippen LogP contribution in [0.5, 0.6) is 0 Å². The van der Waals surface area contributed by atoms with Crippen molar-refractivity contribution in [2.75, 3.05) is 6.54 Å². The highest BCUT2D eigenvalue weighted by molar-refractivity contribution is 6.08. The van der Waals surface area contributed by atoms with Gasteiger partial charge in [-0.15, -0.1) is 0 Å². The van der Waals surface area contributed by atoms with Crippen molar-refractivity contribution in [1.82, 2.24) is 10.3 Å². The number of para-hydroxylation sites is 1. The number of hydrogen-bond donors (Lipinski definition) is 2. The first-order valence-electron chi connectivity index (χ1n) is 8.46. The summed E-state index contributed by atoms with van der Waals surface area (Å²) in [5.41, 5.74) is 4.96. The molecule has 1 aromatic heterocycles. The maximum absolute atomic E-state index is 11.7. The number of benzene rings is 2. The van der Waals surface area contributed by atoms with E-state index >= 15 is 0 Å². The molecule has 0 aliphatic carbocycles. The molecule has 0 aliphatic heterocycles. The molecule has 0 fully saturated rings. The van der Waals surface area contributed by atoms with E-state index in [1.165, 1.54) is 32.9 Å². The van der Waals surface area contributed by atoms with E-state index in [1.807, 2.05) is 0 Å². The van der Waals surface area contributed by atoms with Crippen LogP contribution in [0.1, 0.15) is 37.3 Å². The van der Waals surface area contributed by atoms with E-state index in [2.05, 4.69) is 60.5 Å². The molecule has 23 heavy (non-hydrogen) atoms. The number of rotatable bonds is 6. The van der Waals surface area contributed by atoms with Crippen LogP contribution >= 0.6 is 0 Å². The van der Waals surface area contributed by atoms with Crippen molar-refractivity contribution in [3.8, 4) is 0 Å². The zero-order valence-electron chi connectivity index (χ0n) is 13.9. The number of unbranched alkanes of at least 4 members (excludes halogenated alkanes) is 1. The first-order chi connectivity index (χ1) is 11.2. The first kappa shape index (κ1) is 15.6. The lowest BCUT2D eigenvalue weighted by Crippen LogP contribution is -2.25. The zero-order valence-corrected chi connectivity index (χ0v) is 13.9. The molecule has 0 unspecified atom stereocenters. The van der Waals surface area contributed by atoms with Gasteiger partial charge in [-0.25, -0.2) is 0 Å². The molecule has 1 heterocycles. The number of carbonyl (C=O) groups is 1. The molecular formula is C20H24N2O. The standard InChI is InChI=1S/C20H24N2O/c1-3-4-9-19(23)21-13-12-15-10-11-17-16-7-5-6-8-18(16)22-20(17)14(15)2/h5-8,10-11,22H,3-4,9,12-13H2,1-2H3,(H,21,23). The highest BCUT2D eigenvalue weighted by Gasteiger charge is 2.09. The van der Waals surface area contributed by atoms with Gasteiger partial charge in [0.15, 0.2) is 0 Å². The van der Waals surface area contributed by atoms with Crippen molar-refractivity contribution in [1.29, 1.82) is 0 Å². The summed E-state index contributed by atoms with van der Waals surface area (Å²) in [6.45, 7) is 4.97. The van der Waals surface area contributed by atoms with Gasteiger partial charge in [-0.05, 0) is 37.0 Å². The van der Waals surface area contributed by atoms with E-state index in [9.17, 15) is 4.79 Å². The number of hydrogen-bond acceptors (Lipinski definition) is 1. The van der Waals surface area contributed by atoms with Gasteiger partial charge >= 0.3 is 0 Å². The lowest BCUT2D eigenvalue weighted by molar-refractivity contribution is -0.121. The largest absolute Gasteiger partial charge is 0.356 e. The van der Waals surface area contributed by atoms with Crippen LogP contribution in [0, 0.1) is 6.92 Å². The van der Waals surface area contributed by atoms with E-state index in [-0.39, 0.29) is 5.91 Å². The smallest absolute Gasteiger partial charge is 0.220 e. The molecule has 2 aromatic carbocycles. The molecule has 0 atom stereocenters. The maximum Gasteiger partial charge on any atom is 0.220 e. The van der Waals surface area contributed by atoms with Crippen molar-refractivity contribution in [3.63, 3.8) is 0 Å². The maximum atomic E-state index is 11.7. The first-order valence-corrected chi connectivity index (χ1v) is 8.46. The second-order valence-corrected chi connectivity index (χ2v) is 6.15. The number of fused-ring (bicyclic) bond motifs is 3. The van der Waals surface area contributed by atoms with Crippen molar-refractivity contribution in [3.05, 3.63) is 47.5 Å². The molecule has 3 nitrogen and oxygen atoms in total.